The van der Waals surface area contributed by atoms with Crippen LogP contribution in [0, 0.1) is 0 Å². The van der Waals surface area contributed by atoms with E-state index in [2.05, 4.69) is 0 Å². The number of hydrogen-bond donors (Lipinski definition) is 1. The van der Waals surface area contributed by atoms with Crippen molar-refractivity contribution in [1.82, 2.24) is 0 Å². The molecule has 0 radical (unpaired) electrons. The second-order valence-corrected chi connectivity index (χ2v) is 4.16. The Morgan fingerprint density at radius 3 is 2.92 bits per heavy atom. The fourth-order valence-electron chi connectivity index (χ4n) is 1.20. The van der Waals surface area contributed by atoms with Crippen molar-refractivity contribution in [1.29, 1.82) is 0 Å². The number of anilines is 1. The average molecular weight is 212 g/mol. The van der Waals surface area contributed by atoms with Gasteiger partial charge in [0.2, 0.25) is 0 Å². The molecule has 0 saturated heterocycles. The minimum Gasteiger partial charge on any atom is -0.397 e. The van der Waals surface area contributed by atoms with Crippen molar-refractivity contribution in [2.75, 3.05) is 5.73 Å². The molecule has 66 valence electrons. The van der Waals surface area contributed by atoms with Crippen molar-refractivity contribution >= 4 is 45.0 Å². The van der Waals surface area contributed by atoms with Gasteiger partial charge >= 0.3 is 0 Å². The molecule has 2 aromatic rings. The molecular weight excluding hydrogens is 206 g/mol. The lowest BCUT2D eigenvalue weighted by Crippen LogP contribution is -1.86. The number of rotatable bonds is 1. The van der Waals surface area contributed by atoms with Crippen LogP contribution in [0.2, 0.25) is 5.02 Å². The van der Waals surface area contributed by atoms with Gasteiger partial charge in [0.15, 0.2) is 6.29 Å². The highest BCUT2D eigenvalue weighted by Crippen LogP contribution is 2.33. The van der Waals surface area contributed by atoms with Crippen LogP contribution < -0.4 is 5.73 Å². The van der Waals surface area contributed by atoms with E-state index in [1.807, 2.05) is 6.07 Å². The number of nitrogen functional groups attached to an aromatic ring is 1. The molecule has 2 rings (SSSR count). The smallest absolute Gasteiger partial charge is 0.162 e. The van der Waals surface area contributed by atoms with Gasteiger partial charge in [-0.3, -0.25) is 4.79 Å². The number of aldehydes is 1. The molecule has 0 spiro atoms. The maximum Gasteiger partial charge on any atom is 0.162 e. The predicted molar refractivity (Wildman–Crippen MR) is 56.6 cm³/mol. The van der Waals surface area contributed by atoms with Crippen LogP contribution in [-0.2, 0) is 0 Å². The van der Waals surface area contributed by atoms with Gasteiger partial charge < -0.3 is 5.73 Å². The van der Waals surface area contributed by atoms with Crippen LogP contribution in [0.3, 0.4) is 0 Å². The topological polar surface area (TPSA) is 43.1 Å². The van der Waals surface area contributed by atoms with Gasteiger partial charge in [-0.25, -0.2) is 0 Å². The summed E-state index contributed by atoms with van der Waals surface area (Å²) >= 11 is 7.18. The fraction of sp³-hybridized carbons (Fsp3) is 0. The van der Waals surface area contributed by atoms with E-state index < -0.39 is 0 Å². The first-order valence-corrected chi connectivity index (χ1v) is 4.84. The maximum absolute atomic E-state index is 10.6. The first-order chi connectivity index (χ1) is 6.22. The molecule has 0 aliphatic carbocycles. The lowest BCUT2D eigenvalue weighted by atomic mass is 10.2. The Labute approximate surface area is 83.9 Å². The van der Waals surface area contributed by atoms with Crippen LogP contribution in [0.25, 0.3) is 10.1 Å². The second kappa shape index (κ2) is 3.01. The van der Waals surface area contributed by atoms with Gasteiger partial charge in [-0.1, -0.05) is 11.6 Å². The van der Waals surface area contributed by atoms with Gasteiger partial charge in [-0.2, -0.15) is 0 Å². The third-order valence-corrected chi connectivity index (χ3v) is 3.17. The lowest BCUT2D eigenvalue weighted by Gasteiger charge is -1.91. The summed E-state index contributed by atoms with van der Waals surface area (Å²) in [5.74, 6) is 0. The Kier molecular flexibility index (Phi) is 1.98. The van der Waals surface area contributed by atoms with E-state index in [9.17, 15) is 4.79 Å². The summed E-state index contributed by atoms with van der Waals surface area (Å²) in [5.41, 5.74) is 6.26. The molecule has 0 bridgehead atoms. The van der Waals surface area contributed by atoms with E-state index in [1.165, 1.54) is 11.3 Å². The third-order valence-electron chi connectivity index (χ3n) is 1.82. The first kappa shape index (κ1) is 8.53. The second-order valence-electron chi connectivity index (χ2n) is 2.64. The number of carbonyl (C=O) groups excluding carboxylic acids is 1. The number of benzene rings is 1. The first-order valence-electron chi connectivity index (χ1n) is 3.65. The summed E-state index contributed by atoms with van der Waals surface area (Å²) in [4.78, 5) is 11.1. The molecule has 1 heterocycles. The molecule has 2 nitrogen and oxygen atoms in total. The number of halogens is 1. The maximum atomic E-state index is 10.6. The quantitative estimate of drug-likeness (QED) is 0.737. The van der Waals surface area contributed by atoms with Crippen LogP contribution in [0.4, 0.5) is 5.69 Å². The molecule has 0 unspecified atom stereocenters. The average Bonchev–Trinajstić information content (AvgIpc) is 2.44. The van der Waals surface area contributed by atoms with Crippen LogP contribution in [0.1, 0.15) is 9.67 Å². The van der Waals surface area contributed by atoms with Gasteiger partial charge in [-0.15, -0.1) is 11.3 Å². The van der Waals surface area contributed by atoms with Gasteiger partial charge in [0.1, 0.15) is 0 Å². The molecular formula is C9H6ClNOS. The molecule has 0 saturated carbocycles. The SMILES string of the molecule is Nc1c(C=O)sc2ccc(Cl)cc12. The molecule has 4 heteroatoms. The van der Waals surface area contributed by atoms with E-state index in [1.54, 1.807) is 12.1 Å². The summed E-state index contributed by atoms with van der Waals surface area (Å²) in [6, 6.07) is 5.43. The van der Waals surface area contributed by atoms with Crippen molar-refractivity contribution < 1.29 is 4.79 Å². The number of fused-ring (bicyclic) bond motifs is 1. The van der Waals surface area contributed by atoms with Crippen LogP contribution in [-0.4, -0.2) is 6.29 Å². The van der Waals surface area contributed by atoms with Crippen molar-refractivity contribution in [2.24, 2.45) is 0 Å². The van der Waals surface area contributed by atoms with Crippen LogP contribution in [0.15, 0.2) is 18.2 Å². The van der Waals surface area contributed by atoms with E-state index in [-0.39, 0.29) is 0 Å². The Morgan fingerprint density at radius 2 is 2.23 bits per heavy atom. The number of thiophene rings is 1. The molecule has 2 N–H and O–H groups in total. The number of hydrogen-bond acceptors (Lipinski definition) is 3. The van der Waals surface area contributed by atoms with E-state index >= 15 is 0 Å². The zero-order chi connectivity index (χ0) is 9.42. The lowest BCUT2D eigenvalue weighted by molar-refractivity contribution is 0.112. The summed E-state index contributed by atoms with van der Waals surface area (Å²) < 4.78 is 0.990. The molecule has 1 aromatic heterocycles. The van der Waals surface area contributed by atoms with Crippen molar-refractivity contribution in [3.8, 4) is 0 Å². The normalized spacial score (nSPS) is 10.5. The fourth-order valence-corrected chi connectivity index (χ4v) is 2.29. The molecule has 13 heavy (non-hydrogen) atoms. The molecule has 1 aromatic carbocycles. The van der Waals surface area contributed by atoms with Crippen molar-refractivity contribution in [3.05, 3.63) is 28.1 Å². The standard InChI is InChI=1S/C9H6ClNOS/c10-5-1-2-7-6(3-5)9(11)8(4-12)13-7/h1-4H,11H2. The minimum atomic E-state index is 0.525. The molecule has 0 amide bonds. The Hall–Kier alpha value is -1.06. The minimum absolute atomic E-state index is 0.525. The van der Waals surface area contributed by atoms with Crippen LogP contribution in [0.5, 0.6) is 0 Å². The number of carbonyl (C=O) groups is 1. The van der Waals surface area contributed by atoms with Gasteiger partial charge in [0.05, 0.1) is 10.6 Å². The Morgan fingerprint density at radius 1 is 1.46 bits per heavy atom. The summed E-state index contributed by atoms with van der Waals surface area (Å²) in [7, 11) is 0. The van der Waals surface area contributed by atoms with E-state index in [0.717, 1.165) is 16.4 Å². The highest BCUT2D eigenvalue weighted by molar-refractivity contribution is 7.21. The summed E-state index contributed by atoms with van der Waals surface area (Å²) in [5, 5.41) is 1.49. The summed E-state index contributed by atoms with van der Waals surface area (Å²) in [6.07, 6.45) is 0.772. The van der Waals surface area contributed by atoms with Gasteiger partial charge in [-0.05, 0) is 18.2 Å². The zero-order valence-electron chi connectivity index (χ0n) is 6.58. The molecule has 0 aliphatic heterocycles. The van der Waals surface area contributed by atoms with E-state index in [0.29, 0.717) is 15.6 Å². The largest absolute Gasteiger partial charge is 0.397 e. The van der Waals surface area contributed by atoms with E-state index in [4.69, 9.17) is 17.3 Å². The van der Waals surface area contributed by atoms with Gasteiger partial charge in [0, 0.05) is 15.1 Å². The van der Waals surface area contributed by atoms with Crippen molar-refractivity contribution in [2.45, 2.75) is 0 Å². The third kappa shape index (κ3) is 1.30. The molecule has 0 aliphatic rings. The van der Waals surface area contributed by atoms with Gasteiger partial charge in [0.25, 0.3) is 0 Å². The predicted octanol–water partition coefficient (Wildman–Crippen LogP) is 2.95. The molecule has 0 atom stereocenters. The Balaban J connectivity index is 2.84. The highest BCUT2D eigenvalue weighted by Gasteiger charge is 2.07. The monoisotopic (exact) mass is 211 g/mol. The zero-order valence-corrected chi connectivity index (χ0v) is 8.15. The Bertz CT molecular complexity index is 478. The van der Waals surface area contributed by atoms with Crippen molar-refractivity contribution in [3.63, 3.8) is 0 Å². The highest BCUT2D eigenvalue weighted by atomic mass is 35.5. The summed E-state index contributed by atoms with van der Waals surface area (Å²) in [6.45, 7) is 0. The number of nitrogens with two attached hydrogens (primary N) is 1. The molecule has 0 fully saturated rings. The van der Waals surface area contributed by atoms with Crippen LogP contribution >= 0.6 is 22.9 Å².